The topological polar surface area (TPSA) is 103 Å². The van der Waals surface area contributed by atoms with Crippen LogP contribution in [0.1, 0.15) is 12.8 Å². The summed E-state index contributed by atoms with van der Waals surface area (Å²) in [5.74, 6) is -0.774. The van der Waals surface area contributed by atoms with Crippen LogP contribution in [-0.4, -0.2) is 22.0 Å². The van der Waals surface area contributed by atoms with Gasteiger partial charge in [-0.2, -0.15) is 0 Å². The Morgan fingerprint density at radius 1 is 0.800 bits per heavy atom. The van der Waals surface area contributed by atoms with Gasteiger partial charge in [-0.1, -0.05) is 12.2 Å². The van der Waals surface area contributed by atoms with E-state index in [4.69, 9.17) is 0 Å². The van der Waals surface area contributed by atoms with E-state index in [1.54, 1.807) is 6.07 Å². The van der Waals surface area contributed by atoms with Crippen LogP contribution >= 0.6 is 0 Å². The van der Waals surface area contributed by atoms with Crippen LogP contribution in [0.2, 0.25) is 0 Å². The van der Waals surface area contributed by atoms with Gasteiger partial charge in [-0.25, -0.2) is 4.90 Å². The minimum absolute atomic E-state index is 0.114. The number of imide groups is 1. The third-order valence-electron chi connectivity index (χ3n) is 5.80. The smallest absolute Gasteiger partial charge is 0.270 e. The van der Waals surface area contributed by atoms with Crippen molar-refractivity contribution in [3.63, 3.8) is 0 Å². The highest BCUT2D eigenvalue weighted by molar-refractivity contribution is 6.23. The molecule has 1 aromatic heterocycles. The Balaban J connectivity index is 1.65. The number of allylic oxidation sites excluding steroid dienone is 2. The zero-order chi connectivity index (χ0) is 17.3. The standard InChI is InChI=1S/C18H15N3O4/c22-15-11-6-5-10(7-12(11)16(23)20-19-15)21-17(24)13-8-1-2-9(4-3-8)14(13)18(21)25/h1-2,5-9,13-14H,3-4H2,(H,19,22)(H,20,23). The lowest BCUT2D eigenvalue weighted by molar-refractivity contribution is -0.124. The molecule has 1 saturated heterocycles. The molecule has 2 bridgehead atoms. The highest BCUT2D eigenvalue weighted by Gasteiger charge is 2.56. The highest BCUT2D eigenvalue weighted by Crippen LogP contribution is 2.50. The van der Waals surface area contributed by atoms with Crippen molar-refractivity contribution in [3.8, 4) is 0 Å². The lowest BCUT2D eigenvalue weighted by Gasteiger charge is -2.38. The largest absolute Gasteiger partial charge is 0.274 e. The first-order valence-electron chi connectivity index (χ1n) is 8.37. The number of aromatic amines is 2. The number of aromatic nitrogens is 2. The van der Waals surface area contributed by atoms with Crippen LogP contribution in [0.5, 0.6) is 0 Å². The van der Waals surface area contributed by atoms with Crippen LogP contribution in [0, 0.1) is 23.7 Å². The lowest BCUT2D eigenvalue weighted by Crippen LogP contribution is -2.38. The molecule has 0 radical (unpaired) electrons. The molecular weight excluding hydrogens is 322 g/mol. The summed E-state index contributed by atoms with van der Waals surface area (Å²) < 4.78 is 0. The van der Waals surface area contributed by atoms with Crippen molar-refractivity contribution in [2.24, 2.45) is 23.7 Å². The Morgan fingerprint density at radius 2 is 1.36 bits per heavy atom. The molecule has 4 aliphatic rings. The molecule has 1 saturated carbocycles. The minimum atomic E-state index is -0.463. The molecule has 0 spiro atoms. The van der Waals surface area contributed by atoms with Gasteiger partial charge < -0.3 is 0 Å². The van der Waals surface area contributed by atoms with Crippen molar-refractivity contribution in [3.05, 3.63) is 51.1 Å². The molecule has 25 heavy (non-hydrogen) atoms. The second kappa shape index (κ2) is 4.78. The number of fused-ring (bicyclic) bond motifs is 2. The van der Waals surface area contributed by atoms with Gasteiger partial charge >= 0.3 is 0 Å². The van der Waals surface area contributed by atoms with E-state index in [0.717, 1.165) is 12.8 Å². The zero-order valence-electron chi connectivity index (χ0n) is 13.2. The van der Waals surface area contributed by atoms with Gasteiger partial charge in [0.05, 0.1) is 28.3 Å². The first-order chi connectivity index (χ1) is 12.1. The highest BCUT2D eigenvalue weighted by atomic mass is 16.2. The Bertz CT molecular complexity index is 1050. The molecule has 1 aromatic carbocycles. The second-order valence-electron chi connectivity index (χ2n) is 6.99. The lowest BCUT2D eigenvalue weighted by atomic mass is 9.63. The molecule has 2 N–H and O–H groups in total. The third-order valence-corrected chi connectivity index (χ3v) is 5.80. The van der Waals surface area contributed by atoms with E-state index in [1.165, 1.54) is 17.0 Å². The molecule has 6 rings (SSSR count). The van der Waals surface area contributed by atoms with Crippen LogP contribution in [0.3, 0.4) is 0 Å². The fraction of sp³-hybridized carbons (Fsp3) is 0.333. The molecule has 7 nitrogen and oxygen atoms in total. The monoisotopic (exact) mass is 337 g/mol. The molecule has 2 amide bonds. The van der Waals surface area contributed by atoms with Crippen molar-refractivity contribution in [1.82, 2.24) is 10.2 Å². The minimum Gasteiger partial charge on any atom is -0.274 e. The molecule has 4 atom stereocenters. The molecule has 2 heterocycles. The first kappa shape index (κ1) is 14.4. The summed E-state index contributed by atoms with van der Waals surface area (Å²) in [6.07, 6.45) is 5.99. The van der Waals surface area contributed by atoms with E-state index in [1.807, 2.05) is 0 Å². The average molecular weight is 337 g/mol. The molecule has 2 aromatic rings. The summed E-state index contributed by atoms with van der Waals surface area (Å²) in [6, 6.07) is 4.49. The molecule has 7 heteroatoms. The van der Waals surface area contributed by atoms with Crippen LogP contribution in [0.25, 0.3) is 10.8 Å². The predicted molar refractivity (Wildman–Crippen MR) is 90.0 cm³/mol. The summed E-state index contributed by atoms with van der Waals surface area (Å²) in [4.78, 5) is 50.9. The normalized spacial score (nSPS) is 30.3. The van der Waals surface area contributed by atoms with Crippen LogP contribution < -0.4 is 16.0 Å². The Hall–Kier alpha value is -2.96. The van der Waals surface area contributed by atoms with Crippen LogP contribution in [0.15, 0.2) is 39.9 Å². The molecule has 126 valence electrons. The van der Waals surface area contributed by atoms with Crippen molar-refractivity contribution in [1.29, 1.82) is 0 Å². The SMILES string of the molecule is O=C1C2C3C=CC(CC3)C2C(=O)N1c1ccc2c(=O)[nH][nH]c(=O)c2c1. The average Bonchev–Trinajstić information content (AvgIpc) is 2.92. The van der Waals surface area contributed by atoms with Gasteiger partial charge in [-0.3, -0.25) is 29.4 Å². The summed E-state index contributed by atoms with van der Waals surface area (Å²) >= 11 is 0. The molecule has 3 aliphatic carbocycles. The Morgan fingerprint density at radius 3 is 1.92 bits per heavy atom. The van der Waals surface area contributed by atoms with Crippen molar-refractivity contribution >= 4 is 28.3 Å². The first-order valence-corrected chi connectivity index (χ1v) is 8.37. The second-order valence-corrected chi connectivity index (χ2v) is 6.99. The van der Waals surface area contributed by atoms with Gasteiger partial charge in [0.25, 0.3) is 11.1 Å². The van der Waals surface area contributed by atoms with Gasteiger partial charge in [0, 0.05) is 0 Å². The van der Waals surface area contributed by atoms with Crippen molar-refractivity contribution in [2.75, 3.05) is 4.90 Å². The number of hydrogen-bond acceptors (Lipinski definition) is 4. The zero-order valence-corrected chi connectivity index (χ0v) is 13.2. The molecule has 1 aliphatic heterocycles. The van der Waals surface area contributed by atoms with Crippen LogP contribution in [-0.2, 0) is 9.59 Å². The molecule has 4 unspecified atom stereocenters. The predicted octanol–water partition coefficient (Wildman–Crippen LogP) is 0.918. The molecule has 2 fully saturated rings. The Kier molecular flexibility index (Phi) is 2.75. The fourth-order valence-electron chi connectivity index (χ4n) is 4.63. The number of nitrogens with one attached hydrogen (secondary N) is 2. The van der Waals surface area contributed by atoms with E-state index in [0.29, 0.717) is 5.69 Å². The third kappa shape index (κ3) is 1.80. The number of carbonyl (C=O) groups is 2. The van der Waals surface area contributed by atoms with Crippen molar-refractivity contribution < 1.29 is 9.59 Å². The maximum Gasteiger partial charge on any atom is 0.270 e. The number of benzene rings is 1. The maximum atomic E-state index is 12.9. The maximum absolute atomic E-state index is 12.9. The number of amides is 2. The number of hydrogen-bond donors (Lipinski definition) is 2. The number of anilines is 1. The van der Waals surface area contributed by atoms with E-state index in [9.17, 15) is 19.2 Å². The van der Waals surface area contributed by atoms with Gasteiger partial charge in [-0.05, 0) is 42.9 Å². The summed E-state index contributed by atoms with van der Waals surface area (Å²) in [5.41, 5.74) is -0.529. The number of rotatable bonds is 1. The van der Waals surface area contributed by atoms with Gasteiger partial charge in [0.15, 0.2) is 0 Å². The van der Waals surface area contributed by atoms with Gasteiger partial charge in [0.2, 0.25) is 11.8 Å². The van der Waals surface area contributed by atoms with E-state index >= 15 is 0 Å². The van der Waals surface area contributed by atoms with Gasteiger partial charge in [-0.15, -0.1) is 0 Å². The van der Waals surface area contributed by atoms with E-state index in [-0.39, 0.29) is 46.3 Å². The number of carbonyl (C=O) groups excluding carboxylic acids is 2. The number of nitrogens with zero attached hydrogens (tertiary/aromatic N) is 1. The summed E-state index contributed by atoms with van der Waals surface area (Å²) in [7, 11) is 0. The van der Waals surface area contributed by atoms with Crippen LogP contribution in [0.4, 0.5) is 5.69 Å². The van der Waals surface area contributed by atoms with E-state index in [2.05, 4.69) is 22.3 Å². The Labute approximate surface area is 141 Å². The fourth-order valence-corrected chi connectivity index (χ4v) is 4.63. The van der Waals surface area contributed by atoms with E-state index < -0.39 is 11.1 Å². The number of H-pyrrole nitrogens is 2. The summed E-state index contributed by atoms with van der Waals surface area (Å²) in [6.45, 7) is 0. The molecular formula is C18H15N3O4. The summed E-state index contributed by atoms with van der Waals surface area (Å²) in [5, 5.41) is 4.92. The van der Waals surface area contributed by atoms with Gasteiger partial charge in [0.1, 0.15) is 0 Å². The van der Waals surface area contributed by atoms with Crippen molar-refractivity contribution in [2.45, 2.75) is 12.8 Å². The quantitative estimate of drug-likeness (QED) is 0.596.